The lowest BCUT2D eigenvalue weighted by molar-refractivity contribution is -0.384. The molecular weight excluding hydrogens is 444 g/mol. The number of aromatic nitrogens is 2. The molecule has 1 N–H and O–H groups in total. The zero-order valence-electron chi connectivity index (χ0n) is 15.6. The number of carbonyl (C=O) groups excluding carboxylic acids is 1. The number of benzene rings is 2. The molecule has 2 aromatic carbocycles. The molecule has 0 unspecified atom stereocenters. The molecule has 0 spiro atoms. The van der Waals surface area contributed by atoms with E-state index in [2.05, 4.69) is 15.5 Å². The molecule has 2 heterocycles. The van der Waals surface area contributed by atoms with Gasteiger partial charge in [0.1, 0.15) is 18.1 Å². The van der Waals surface area contributed by atoms with E-state index in [0.29, 0.717) is 27.1 Å². The maximum atomic E-state index is 12.4. The maximum absolute atomic E-state index is 12.4. The minimum atomic E-state index is -0.503. The summed E-state index contributed by atoms with van der Waals surface area (Å²) >= 11 is 7.27. The largest absolute Gasteiger partial charge is 0.486 e. The van der Waals surface area contributed by atoms with Crippen molar-refractivity contribution in [1.29, 1.82) is 0 Å². The van der Waals surface area contributed by atoms with Crippen LogP contribution in [-0.2, 0) is 6.61 Å². The van der Waals surface area contributed by atoms with Gasteiger partial charge in [-0.15, -0.1) is 10.2 Å². The lowest BCUT2D eigenvalue weighted by atomic mass is 10.2. The molecule has 9 nitrogen and oxygen atoms in total. The normalized spacial score (nSPS) is 10.6. The van der Waals surface area contributed by atoms with Gasteiger partial charge in [-0.2, -0.15) is 0 Å². The SMILES string of the molecule is O=C(Nc1nnc(COc2cccc([N+](=O)[O-])c2)s1)c1ccc(-c2ccccc2Cl)o1. The molecule has 156 valence electrons. The van der Waals surface area contributed by atoms with Crippen LogP contribution in [0.5, 0.6) is 5.75 Å². The van der Waals surface area contributed by atoms with Gasteiger partial charge >= 0.3 is 0 Å². The second-order valence-corrected chi connectivity index (χ2v) is 7.61. The van der Waals surface area contributed by atoms with Crippen molar-refractivity contribution in [2.75, 3.05) is 5.32 Å². The molecule has 0 aliphatic heterocycles. The van der Waals surface area contributed by atoms with Crippen molar-refractivity contribution in [2.24, 2.45) is 0 Å². The second-order valence-electron chi connectivity index (χ2n) is 6.14. The van der Waals surface area contributed by atoms with Crippen LogP contribution in [0.2, 0.25) is 5.02 Å². The van der Waals surface area contributed by atoms with Crippen molar-refractivity contribution in [2.45, 2.75) is 6.61 Å². The monoisotopic (exact) mass is 456 g/mol. The molecule has 0 saturated carbocycles. The van der Waals surface area contributed by atoms with Crippen LogP contribution in [0, 0.1) is 10.1 Å². The highest BCUT2D eigenvalue weighted by Gasteiger charge is 2.16. The molecule has 1 amide bonds. The number of carbonyl (C=O) groups is 1. The van der Waals surface area contributed by atoms with Crippen LogP contribution in [0.3, 0.4) is 0 Å². The second kappa shape index (κ2) is 8.94. The highest BCUT2D eigenvalue weighted by atomic mass is 35.5. The van der Waals surface area contributed by atoms with Gasteiger partial charge in [0.05, 0.1) is 16.0 Å². The molecule has 0 saturated heterocycles. The van der Waals surface area contributed by atoms with Crippen molar-refractivity contribution >= 4 is 39.7 Å². The van der Waals surface area contributed by atoms with E-state index in [1.807, 2.05) is 6.07 Å². The Balaban J connectivity index is 1.38. The summed E-state index contributed by atoms with van der Waals surface area (Å²) in [7, 11) is 0. The number of rotatable bonds is 7. The van der Waals surface area contributed by atoms with E-state index < -0.39 is 10.8 Å². The van der Waals surface area contributed by atoms with Crippen LogP contribution in [-0.4, -0.2) is 21.0 Å². The van der Waals surface area contributed by atoms with E-state index in [1.54, 1.807) is 36.4 Å². The summed E-state index contributed by atoms with van der Waals surface area (Å²) in [4.78, 5) is 22.8. The Bertz CT molecular complexity index is 1260. The molecule has 0 atom stereocenters. The predicted octanol–water partition coefficient (Wildman–Crippen LogP) is 5.19. The van der Waals surface area contributed by atoms with Crippen molar-refractivity contribution < 1.29 is 18.9 Å². The minimum absolute atomic E-state index is 0.0477. The summed E-state index contributed by atoms with van der Waals surface area (Å²) in [6.45, 7) is 0.0477. The van der Waals surface area contributed by atoms with Gasteiger partial charge in [0.2, 0.25) is 5.13 Å². The fourth-order valence-electron chi connectivity index (χ4n) is 2.62. The number of nitrogens with one attached hydrogen (secondary N) is 1. The Morgan fingerprint density at radius 2 is 2.00 bits per heavy atom. The third-order valence-electron chi connectivity index (χ3n) is 4.05. The smallest absolute Gasteiger partial charge is 0.293 e. The molecule has 4 rings (SSSR count). The third-order valence-corrected chi connectivity index (χ3v) is 5.19. The van der Waals surface area contributed by atoms with Crippen molar-refractivity contribution in [3.8, 4) is 17.1 Å². The molecule has 11 heteroatoms. The van der Waals surface area contributed by atoms with Gasteiger partial charge in [0, 0.05) is 11.6 Å². The first kappa shape index (κ1) is 20.5. The summed E-state index contributed by atoms with van der Waals surface area (Å²) < 4.78 is 11.1. The first-order chi connectivity index (χ1) is 15.0. The summed E-state index contributed by atoms with van der Waals surface area (Å²) in [5.41, 5.74) is 0.608. The zero-order chi connectivity index (χ0) is 21.8. The van der Waals surface area contributed by atoms with E-state index in [0.717, 1.165) is 11.3 Å². The standard InChI is InChI=1S/C20H13ClN4O5S/c21-15-7-2-1-6-14(15)16-8-9-17(30-16)19(26)22-20-24-23-18(31-20)11-29-13-5-3-4-12(10-13)25(27)28/h1-10H,11H2,(H,22,24,26). The van der Waals surface area contributed by atoms with E-state index in [-0.39, 0.29) is 23.2 Å². The van der Waals surface area contributed by atoms with Crippen molar-refractivity contribution in [3.63, 3.8) is 0 Å². The van der Waals surface area contributed by atoms with Gasteiger partial charge < -0.3 is 9.15 Å². The molecule has 0 bridgehead atoms. The average Bonchev–Trinajstić information content (AvgIpc) is 3.43. The van der Waals surface area contributed by atoms with E-state index in [1.165, 1.54) is 18.2 Å². The number of ether oxygens (including phenoxy) is 1. The molecule has 2 aromatic heterocycles. The van der Waals surface area contributed by atoms with Crippen LogP contribution in [0.15, 0.2) is 65.1 Å². The Hall–Kier alpha value is -3.76. The first-order valence-electron chi connectivity index (χ1n) is 8.85. The predicted molar refractivity (Wildman–Crippen MR) is 114 cm³/mol. The van der Waals surface area contributed by atoms with E-state index >= 15 is 0 Å². The molecule has 0 fully saturated rings. The fraction of sp³-hybridized carbons (Fsp3) is 0.0500. The van der Waals surface area contributed by atoms with Crippen molar-refractivity contribution in [3.05, 3.63) is 86.6 Å². The topological polar surface area (TPSA) is 120 Å². The van der Waals surface area contributed by atoms with Crippen LogP contribution in [0.4, 0.5) is 10.8 Å². The molecule has 0 aliphatic rings. The molecule has 0 aliphatic carbocycles. The summed E-state index contributed by atoms with van der Waals surface area (Å²) in [5, 5.41) is 22.6. The zero-order valence-corrected chi connectivity index (χ0v) is 17.2. The number of hydrogen-bond acceptors (Lipinski definition) is 8. The maximum Gasteiger partial charge on any atom is 0.293 e. The number of nitrogens with zero attached hydrogens (tertiary/aromatic N) is 3. The van der Waals surface area contributed by atoms with Crippen molar-refractivity contribution in [1.82, 2.24) is 10.2 Å². The van der Waals surface area contributed by atoms with Crippen LogP contribution >= 0.6 is 22.9 Å². The summed E-state index contributed by atoms with van der Waals surface area (Å²) in [5.74, 6) is 0.414. The lowest BCUT2D eigenvalue weighted by Gasteiger charge is -2.02. The number of halogens is 1. The van der Waals surface area contributed by atoms with Gasteiger partial charge in [-0.3, -0.25) is 20.2 Å². The Morgan fingerprint density at radius 1 is 1.16 bits per heavy atom. The van der Waals surface area contributed by atoms with Gasteiger partial charge in [-0.1, -0.05) is 41.1 Å². The highest BCUT2D eigenvalue weighted by molar-refractivity contribution is 7.15. The highest BCUT2D eigenvalue weighted by Crippen LogP contribution is 2.29. The van der Waals surface area contributed by atoms with Gasteiger partial charge in [0.15, 0.2) is 10.8 Å². The first-order valence-corrected chi connectivity index (χ1v) is 10.0. The van der Waals surface area contributed by atoms with Crippen LogP contribution < -0.4 is 10.1 Å². The number of nitro groups is 1. The number of nitro benzene ring substituents is 1. The quantitative estimate of drug-likeness (QED) is 0.300. The van der Waals surface area contributed by atoms with E-state index in [4.69, 9.17) is 20.8 Å². The average molecular weight is 457 g/mol. The molecule has 31 heavy (non-hydrogen) atoms. The molecular formula is C20H13ClN4O5S. The fourth-order valence-corrected chi connectivity index (χ4v) is 3.50. The number of hydrogen-bond donors (Lipinski definition) is 1. The Morgan fingerprint density at radius 3 is 2.81 bits per heavy atom. The lowest BCUT2D eigenvalue weighted by Crippen LogP contribution is -2.10. The molecule has 0 radical (unpaired) electrons. The number of furan rings is 1. The number of anilines is 1. The Kier molecular flexibility index (Phi) is 5.92. The van der Waals surface area contributed by atoms with Crippen LogP contribution in [0.1, 0.15) is 15.6 Å². The van der Waals surface area contributed by atoms with Gasteiger partial charge in [-0.25, -0.2) is 0 Å². The van der Waals surface area contributed by atoms with Crippen LogP contribution in [0.25, 0.3) is 11.3 Å². The van der Waals surface area contributed by atoms with E-state index in [9.17, 15) is 14.9 Å². The van der Waals surface area contributed by atoms with Gasteiger partial charge in [0.25, 0.3) is 11.6 Å². The third kappa shape index (κ3) is 4.87. The van der Waals surface area contributed by atoms with Gasteiger partial charge in [-0.05, 0) is 30.3 Å². The summed E-state index contributed by atoms with van der Waals surface area (Å²) in [6, 6.07) is 16.2. The minimum Gasteiger partial charge on any atom is -0.486 e. The number of amides is 1. The summed E-state index contributed by atoms with van der Waals surface area (Å²) in [6.07, 6.45) is 0. The number of non-ortho nitro benzene ring substituents is 1. The Labute approximate surface area is 184 Å². The molecule has 4 aromatic rings.